The molecule has 0 radical (unpaired) electrons. The van der Waals surface area contributed by atoms with E-state index in [0.29, 0.717) is 24.9 Å². The molecular weight excluding hydrogens is 474 g/mol. The van der Waals surface area contributed by atoms with Gasteiger partial charge in [0.2, 0.25) is 12.5 Å². The fourth-order valence-corrected chi connectivity index (χ4v) is 5.28. The van der Waals surface area contributed by atoms with Crippen molar-refractivity contribution in [1.29, 1.82) is 0 Å². The Labute approximate surface area is 228 Å². The monoisotopic (exact) mass is 519 g/mol. The van der Waals surface area contributed by atoms with Crippen LogP contribution in [-0.4, -0.2) is 73.3 Å². The summed E-state index contributed by atoms with van der Waals surface area (Å²) in [6.07, 6.45) is 8.99. The first kappa shape index (κ1) is 28.1. The molecule has 1 aromatic carbocycles. The van der Waals surface area contributed by atoms with Crippen LogP contribution in [0.3, 0.4) is 0 Å². The highest BCUT2D eigenvalue weighted by molar-refractivity contribution is 5.52. The van der Waals surface area contributed by atoms with E-state index in [4.69, 9.17) is 17.3 Å². The Hall–Kier alpha value is -2.93. The van der Waals surface area contributed by atoms with Crippen LogP contribution in [0, 0.1) is 6.57 Å². The van der Waals surface area contributed by atoms with E-state index in [-0.39, 0.29) is 0 Å². The van der Waals surface area contributed by atoms with Gasteiger partial charge in [0.05, 0.1) is 0 Å². The molecule has 9 nitrogen and oxygen atoms in total. The summed E-state index contributed by atoms with van der Waals surface area (Å²) in [4.78, 5) is 17.3. The number of rotatable bonds is 14. The smallest absolute Gasteiger partial charge is 0.226 e. The quantitative estimate of drug-likeness (QED) is 0.222. The molecule has 2 aliphatic rings. The highest BCUT2D eigenvalue weighted by atomic mass is 15.3. The van der Waals surface area contributed by atoms with Gasteiger partial charge >= 0.3 is 0 Å². The normalized spacial score (nSPS) is 16.9. The summed E-state index contributed by atoms with van der Waals surface area (Å²) in [5.74, 6) is 1.91. The summed E-state index contributed by atoms with van der Waals surface area (Å²) in [6, 6.07) is 11.3. The fourth-order valence-electron chi connectivity index (χ4n) is 5.28. The van der Waals surface area contributed by atoms with Gasteiger partial charge in [0.15, 0.2) is 0 Å². The molecule has 1 saturated carbocycles. The molecule has 0 spiro atoms. The Balaban J connectivity index is 1.15. The van der Waals surface area contributed by atoms with Crippen LogP contribution in [-0.2, 0) is 13.1 Å². The van der Waals surface area contributed by atoms with Gasteiger partial charge in [-0.1, -0.05) is 43.5 Å². The standard InChI is InChI=1S/C29H45N9/c1-31-13-6-16-37-17-19-38(20-18-37)28-21-27(30)35-29(36-28)34-23-25-11-9-24(10-12-25)22-32-14-5-15-33-26-7-3-2-4-8-26/h9-12,21,26,32-33H,2-8,13-20,22-23H2,(H3,30,34,35,36). The Morgan fingerprint density at radius 1 is 0.921 bits per heavy atom. The van der Waals surface area contributed by atoms with Crippen molar-refractivity contribution in [2.24, 2.45) is 0 Å². The predicted molar refractivity (Wildman–Crippen MR) is 156 cm³/mol. The molecule has 4 rings (SSSR count). The second-order valence-corrected chi connectivity index (χ2v) is 10.5. The van der Waals surface area contributed by atoms with Crippen molar-refractivity contribution in [3.05, 3.63) is 52.9 Å². The number of nitrogens with two attached hydrogens (primary N) is 1. The van der Waals surface area contributed by atoms with Crippen LogP contribution in [0.1, 0.15) is 56.1 Å². The van der Waals surface area contributed by atoms with Gasteiger partial charge < -0.3 is 31.4 Å². The first-order chi connectivity index (χ1) is 18.7. The number of benzene rings is 1. The highest BCUT2D eigenvalue weighted by Gasteiger charge is 2.19. The van der Waals surface area contributed by atoms with Crippen LogP contribution in [0.2, 0.25) is 0 Å². The van der Waals surface area contributed by atoms with Gasteiger partial charge in [-0.05, 0) is 43.5 Å². The van der Waals surface area contributed by atoms with Gasteiger partial charge in [-0.2, -0.15) is 9.97 Å². The van der Waals surface area contributed by atoms with Gasteiger partial charge in [-0.3, -0.25) is 4.90 Å². The van der Waals surface area contributed by atoms with Gasteiger partial charge in [-0.15, -0.1) is 0 Å². The van der Waals surface area contributed by atoms with Gasteiger partial charge in [0.1, 0.15) is 11.6 Å². The lowest BCUT2D eigenvalue weighted by Gasteiger charge is -2.35. The molecule has 206 valence electrons. The number of nitrogens with one attached hydrogen (secondary N) is 3. The molecule has 38 heavy (non-hydrogen) atoms. The second-order valence-electron chi connectivity index (χ2n) is 10.5. The average molecular weight is 520 g/mol. The van der Waals surface area contributed by atoms with Crippen molar-refractivity contribution in [1.82, 2.24) is 25.5 Å². The van der Waals surface area contributed by atoms with E-state index in [1.165, 1.54) is 49.7 Å². The zero-order valence-corrected chi connectivity index (χ0v) is 22.8. The van der Waals surface area contributed by atoms with Crippen molar-refractivity contribution in [3.63, 3.8) is 0 Å². The third-order valence-electron chi connectivity index (χ3n) is 7.54. The van der Waals surface area contributed by atoms with Crippen molar-refractivity contribution in [2.45, 2.75) is 64.1 Å². The molecule has 2 heterocycles. The van der Waals surface area contributed by atoms with E-state index >= 15 is 0 Å². The van der Waals surface area contributed by atoms with E-state index < -0.39 is 0 Å². The summed E-state index contributed by atoms with van der Waals surface area (Å²) >= 11 is 0. The SMILES string of the molecule is [C-]#[N+]CCCN1CCN(c2cc(N)nc(NCc3ccc(CNCCCNC4CCCCC4)cc3)n2)CC1. The van der Waals surface area contributed by atoms with Crippen LogP contribution in [0.5, 0.6) is 0 Å². The molecule has 1 saturated heterocycles. The first-order valence-electron chi connectivity index (χ1n) is 14.4. The van der Waals surface area contributed by atoms with E-state index in [1.807, 2.05) is 6.07 Å². The lowest BCUT2D eigenvalue weighted by Crippen LogP contribution is -2.47. The third-order valence-corrected chi connectivity index (χ3v) is 7.54. The molecule has 1 aliphatic heterocycles. The average Bonchev–Trinajstić information content (AvgIpc) is 2.95. The van der Waals surface area contributed by atoms with Crippen molar-refractivity contribution in [2.75, 3.05) is 68.3 Å². The maximum absolute atomic E-state index is 6.93. The highest BCUT2D eigenvalue weighted by Crippen LogP contribution is 2.19. The minimum atomic E-state index is 0.479. The Bertz CT molecular complexity index is 990. The molecule has 2 fully saturated rings. The largest absolute Gasteiger partial charge is 0.383 e. The molecule has 0 atom stereocenters. The zero-order valence-electron chi connectivity index (χ0n) is 22.8. The van der Waals surface area contributed by atoms with E-state index in [2.05, 4.69) is 59.8 Å². The second kappa shape index (κ2) is 15.5. The first-order valence-corrected chi connectivity index (χ1v) is 14.4. The minimum absolute atomic E-state index is 0.479. The molecule has 0 unspecified atom stereocenters. The Kier molecular flexibility index (Phi) is 11.4. The number of piperazine rings is 1. The van der Waals surface area contributed by atoms with Crippen LogP contribution < -0.4 is 26.6 Å². The summed E-state index contributed by atoms with van der Waals surface area (Å²) in [5.41, 5.74) is 8.59. The van der Waals surface area contributed by atoms with Crippen LogP contribution in [0.4, 0.5) is 17.6 Å². The molecule has 5 N–H and O–H groups in total. The van der Waals surface area contributed by atoms with Crippen LogP contribution in [0.15, 0.2) is 30.3 Å². The van der Waals surface area contributed by atoms with Crippen molar-refractivity contribution >= 4 is 17.6 Å². The molecule has 0 amide bonds. The van der Waals surface area contributed by atoms with Gasteiger partial charge in [0.25, 0.3) is 0 Å². The summed E-state index contributed by atoms with van der Waals surface area (Å²) in [6.45, 7) is 16.0. The number of anilines is 3. The van der Waals surface area contributed by atoms with E-state index in [0.717, 1.165) is 70.6 Å². The van der Waals surface area contributed by atoms with E-state index in [9.17, 15) is 0 Å². The molecule has 2 aromatic rings. The maximum Gasteiger partial charge on any atom is 0.226 e. The number of hydrogen-bond acceptors (Lipinski definition) is 8. The van der Waals surface area contributed by atoms with Crippen LogP contribution in [0.25, 0.3) is 4.85 Å². The molecule has 1 aliphatic carbocycles. The molecule has 9 heteroatoms. The van der Waals surface area contributed by atoms with Crippen molar-refractivity contribution in [3.8, 4) is 0 Å². The molecular formula is C29H45N9. The Morgan fingerprint density at radius 2 is 1.66 bits per heavy atom. The number of nitrogens with zero attached hydrogens (tertiary/aromatic N) is 5. The van der Waals surface area contributed by atoms with Gasteiger partial charge in [0, 0.05) is 64.3 Å². The molecule has 1 aromatic heterocycles. The van der Waals surface area contributed by atoms with Gasteiger partial charge in [-0.25, -0.2) is 6.57 Å². The van der Waals surface area contributed by atoms with Crippen LogP contribution >= 0.6 is 0 Å². The van der Waals surface area contributed by atoms with Crippen molar-refractivity contribution < 1.29 is 0 Å². The number of nitrogen functional groups attached to an aromatic ring is 1. The topological polar surface area (TPSA) is 98.7 Å². The fraction of sp³-hybridized carbons (Fsp3) is 0.621. The summed E-state index contributed by atoms with van der Waals surface area (Å²) < 4.78 is 0. The zero-order chi connectivity index (χ0) is 26.4. The number of aromatic nitrogens is 2. The maximum atomic E-state index is 6.93. The minimum Gasteiger partial charge on any atom is -0.383 e. The Morgan fingerprint density at radius 3 is 2.39 bits per heavy atom. The summed E-state index contributed by atoms with van der Waals surface area (Å²) in [7, 11) is 0. The number of hydrogen-bond donors (Lipinski definition) is 4. The van der Waals surface area contributed by atoms with E-state index in [1.54, 1.807) is 0 Å². The predicted octanol–water partition coefficient (Wildman–Crippen LogP) is 3.50. The third kappa shape index (κ3) is 9.43. The lowest BCUT2D eigenvalue weighted by molar-refractivity contribution is 0.257. The summed E-state index contributed by atoms with van der Waals surface area (Å²) in [5, 5.41) is 10.6. The molecule has 0 bridgehead atoms. The lowest BCUT2D eigenvalue weighted by atomic mass is 9.95.